The monoisotopic (exact) mass is 348 g/mol. The van der Waals surface area contributed by atoms with Crippen LogP contribution in [0.2, 0.25) is 0 Å². The molecule has 2 aliphatic rings. The van der Waals surface area contributed by atoms with Crippen LogP contribution < -0.4 is 9.64 Å². The first kappa shape index (κ1) is 16.1. The molecule has 0 saturated carbocycles. The minimum Gasteiger partial charge on any atom is -0.470 e. The third-order valence-electron chi connectivity index (χ3n) is 4.61. The number of anilines is 1. The molecule has 25 heavy (non-hydrogen) atoms. The molecule has 0 amide bonds. The van der Waals surface area contributed by atoms with Crippen molar-refractivity contribution in [1.82, 2.24) is 15.0 Å². The predicted octanol–water partition coefficient (Wildman–Crippen LogP) is 2.36. The molecule has 2 saturated heterocycles. The largest absolute Gasteiger partial charge is 0.470 e. The summed E-state index contributed by atoms with van der Waals surface area (Å²) < 4.78 is 38.4. The lowest BCUT2D eigenvalue weighted by atomic mass is 9.89. The van der Waals surface area contributed by atoms with Crippen LogP contribution in [0.4, 0.5) is 14.7 Å². The van der Waals surface area contributed by atoms with Gasteiger partial charge in [-0.05, 0) is 25.0 Å². The summed E-state index contributed by atoms with van der Waals surface area (Å²) in [6, 6.07) is 2.85. The lowest BCUT2D eigenvalue weighted by Gasteiger charge is -2.39. The Balaban J connectivity index is 1.44. The Labute approximate surface area is 143 Å². The quantitative estimate of drug-likeness (QED) is 0.849. The van der Waals surface area contributed by atoms with Crippen molar-refractivity contribution in [3.63, 3.8) is 0 Å². The Bertz CT molecular complexity index is 746. The highest BCUT2D eigenvalue weighted by Gasteiger charge is 2.45. The number of nitrogens with zero attached hydrogens (tertiary/aromatic N) is 4. The molecule has 2 aliphatic heterocycles. The molecule has 0 unspecified atom stereocenters. The maximum Gasteiger partial charge on any atom is 0.250 e. The highest BCUT2D eigenvalue weighted by molar-refractivity contribution is 5.31. The van der Waals surface area contributed by atoms with Gasteiger partial charge >= 0.3 is 0 Å². The average molecular weight is 348 g/mol. The first-order chi connectivity index (χ1) is 12.1. The molecule has 8 heteroatoms. The Morgan fingerprint density at radius 3 is 2.88 bits per heavy atom. The first-order valence-corrected chi connectivity index (χ1v) is 8.27. The minimum absolute atomic E-state index is 0.00248. The van der Waals surface area contributed by atoms with E-state index in [0.717, 1.165) is 31.8 Å². The summed E-state index contributed by atoms with van der Waals surface area (Å²) in [5, 5.41) is 0. The summed E-state index contributed by atoms with van der Waals surface area (Å²) in [5.41, 5.74) is -0.383. The highest BCUT2D eigenvalue weighted by atomic mass is 19.1. The van der Waals surface area contributed by atoms with Gasteiger partial charge in [0, 0.05) is 25.7 Å². The fourth-order valence-electron chi connectivity index (χ4n) is 3.52. The smallest absolute Gasteiger partial charge is 0.250 e. The van der Waals surface area contributed by atoms with Gasteiger partial charge in [-0.2, -0.15) is 0 Å². The number of hydrogen-bond donors (Lipinski definition) is 0. The number of pyridine rings is 1. The molecule has 1 spiro atoms. The number of hydrogen-bond acceptors (Lipinski definition) is 6. The van der Waals surface area contributed by atoms with Crippen molar-refractivity contribution < 1.29 is 18.3 Å². The molecule has 2 fully saturated rings. The van der Waals surface area contributed by atoms with E-state index in [1.54, 1.807) is 0 Å². The van der Waals surface area contributed by atoms with Gasteiger partial charge in [-0.15, -0.1) is 0 Å². The van der Waals surface area contributed by atoms with E-state index in [-0.39, 0.29) is 17.6 Å². The van der Waals surface area contributed by atoms with Gasteiger partial charge in [0.05, 0.1) is 24.6 Å². The Morgan fingerprint density at radius 2 is 2.08 bits per heavy atom. The van der Waals surface area contributed by atoms with Gasteiger partial charge in [-0.1, -0.05) is 0 Å². The normalized spacial score (nSPS) is 26.2. The van der Waals surface area contributed by atoms with Gasteiger partial charge in [0.1, 0.15) is 6.10 Å². The van der Waals surface area contributed by atoms with Crippen LogP contribution in [-0.2, 0) is 4.74 Å². The molecule has 0 aliphatic carbocycles. The van der Waals surface area contributed by atoms with E-state index < -0.39 is 11.6 Å². The van der Waals surface area contributed by atoms with E-state index in [0.29, 0.717) is 25.5 Å². The van der Waals surface area contributed by atoms with Gasteiger partial charge in [0.15, 0.2) is 11.6 Å². The van der Waals surface area contributed by atoms with E-state index in [2.05, 4.69) is 15.0 Å². The lowest BCUT2D eigenvalue weighted by molar-refractivity contribution is -0.00857. The van der Waals surface area contributed by atoms with Crippen molar-refractivity contribution in [2.75, 3.05) is 24.6 Å². The Morgan fingerprint density at radius 1 is 1.24 bits per heavy atom. The number of halogens is 2. The van der Waals surface area contributed by atoms with Crippen LogP contribution in [0.5, 0.6) is 5.88 Å². The average Bonchev–Trinajstić information content (AvgIpc) is 2.99. The second-order valence-corrected chi connectivity index (χ2v) is 6.45. The van der Waals surface area contributed by atoms with Gasteiger partial charge in [-0.3, -0.25) is 0 Å². The van der Waals surface area contributed by atoms with E-state index in [9.17, 15) is 8.78 Å². The first-order valence-electron chi connectivity index (χ1n) is 8.27. The van der Waals surface area contributed by atoms with Crippen molar-refractivity contribution in [2.45, 2.75) is 31.0 Å². The number of rotatable bonds is 3. The number of piperidine rings is 1. The minimum atomic E-state index is -0.478. The summed E-state index contributed by atoms with van der Waals surface area (Å²) in [7, 11) is 0. The van der Waals surface area contributed by atoms with Gasteiger partial charge < -0.3 is 14.4 Å². The summed E-state index contributed by atoms with van der Waals surface area (Å²) in [4.78, 5) is 14.0. The van der Waals surface area contributed by atoms with E-state index in [4.69, 9.17) is 9.47 Å². The molecular weight excluding hydrogens is 330 g/mol. The highest BCUT2D eigenvalue weighted by Crippen LogP contribution is 2.37. The predicted molar refractivity (Wildman–Crippen MR) is 85.3 cm³/mol. The van der Waals surface area contributed by atoms with Crippen molar-refractivity contribution in [3.8, 4) is 5.88 Å². The lowest BCUT2D eigenvalue weighted by Crippen LogP contribution is -2.48. The van der Waals surface area contributed by atoms with Crippen LogP contribution in [0.1, 0.15) is 19.3 Å². The van der Waals surface area contributed by atoms with Crippen LogP contribution in [0.25, 0.3) is 0 Å². The molecule has 6 nitrogen and oxygen atoms in total. The molecule has 0 bridgehead atoms. The molecule has 0 aromatic carbocycles. The second-order valence-electron chi connectivity index (χ2n) is 6.45. The number of ether oxygens (including phenoxy) is 2. The maximum absolute atomic E-state index is 13.7. The van der Waals surface area contributed by atoms with Crippen LogP contribution >= 0.6 is 0 Å². The van der Waals surface area contributed by atoms with Crippen molar-refractivity contribution in [2.24, 2.45) is 0 Å². The molecular formula is C17H18F2N4O2. The van der Waals surface area contributed by atoms with Crippen LogP contribution in [0, 0.1) is 11.6 Å². The van der Waals surface area contributed by atoms with Gasteiger partial charge in [-0.25, -0.2) is 23.7 Å². The van der Waals surface area contributed by atoms with Crippen LogP contribution in [0.3, 0.4) is 0 Å². The fourth-order valence-corrected chi connectivity index (χ4v) is 3.52. The van der Waals surface area contributed by atoms with Crippen molar-refractivity contribution in [1.29, 1.82) is 0 Å². The number of aromatic nitrogens is 3. The SMILES string of the molecule is Fc1cnc(N2CCC[C@]3(C[C@H](Oc4ncccc4F)CO3)C2)nc1. The van der Waals surface area contributed by atoms with E-state index >= 15 is 0 Å². The molecule has 4 heterocycles. The zero-order valence-electron chi connectivity index (χ0n) is 13.6. The molecule has 2 aromatic rings. The van der Waals surface area contributed by atoms with Gasteiger partial charge in [0.25, 0.3) is 5.88 Å². The van der Waals surface area contributed by atoms with E-state index in [1.165, 1.54) is 18.3 Å². The zero-order valence-corrected chi connectivity index (χ0v) is 13.6. The van der Waals surface area contributed by atoms with Crippen molar-refractivity contribution in [3.05, 3.63) is 42.4 Å². The molecule has 4 rings (SSSR count). The van der Waals surface area contributed by atoms with Gasteiger partial charge in [0.2, 0.25) is 5.95 Å². The summed E-state index contributed by atoms with van der Waals surface area (Å²) in [6.45, 7) is 1.77. The van der Waals surface area contributed by atoms with E-state index in [1.807, 2.05) is 4.90 Å². The molecule has 0 radical (unpaired) electrons. The maximum atomic E-state index is 13.7. The van der Waals surface area contributed by atoms with Crippen molar-refractivity contribution >= 4 is 5.95 Å². The molecule has 2 aromatic heterocycles. The molecule has 132 valence electrons. The van der Waals surface area contributed by atoms with Crippen LogP contribution in [0.15, 0.2) is 30.7 Å². The van der Waals surface area contributed by atoms with Crippen LogP contribution in [-0.4, -0.2) is 46.4 Å². The third-order valence-corrected chi connectivity index (χ3v) is 4.61. The Hall–Kier alpha value is -2.35. The standard InChI is InChI=1S/C17H18F2N4O2/c18-12-8-21-16(22-9-12)23-6-2-4-17(11-23)7-13(10-24-17)25-15-14(19)3-1-5-20-15/h1,3,5,8-9,13H,2,4,6-7,10-11H2/t13-,17-/m0/s1. The topological polar surface area (TPSA) is 60.4 Å². The summed E-state index contributed by atoms with van der Waals surface area (Å²) in [6.07, 6.45) is 6.00. The summed E-state index contributed by atoms with van der Waals surface area (Å²) >= 11 is 0. The third kappa shape index (κ3) is 3.39. The zero-order chi connectivity index (χ0) is 17.3. The summed E-state index contributed by atoms with van der Waals surface area (Å²) in [5.74, 6) is -0.446. The molecule has 0 N–H and O–H groups in total. The Kier molecular flexibility index (Phi) is 4.20. The fraction of sp³-hybridized carbons (Fsp3) is 0.471. The molecule has 2 atom stereocenters. The second kappa shape index (κ2) is 6.51.